The van der Waals surface area contributed by atoms with Gasteiger partial charge in [-0.25, -0.2) is 0 Å². The van der Waals surface area contributed by atoms with E-state index in [2.05, 4.69) is 5.32 Å². The molecule has 0 heterocycles. The van der Waals surface area contributed by atoms with E-state index >= 15 is 0 Å². The minimum Gasteiger partial charge on any atom is -0.393 e. The fourth-order valence-electron chi connectivity index (χ4n) is 1.94. The molecule has 1 aromatic carbocycles. The van der Waals surface area contributed by atoms with Crippen molar-refractivity contribution in [2.24, 2.45) is 0 Å². The van der Waals surface area contributed by atoms with E-state index in [1.165, 1.54) is 0 Å². The summed E-state index contributed by atoms with van der Waals surface area (Å²) in [6.45, 7) is 1.72. The normalized spacial score (nSPS) is 23.6. The number of anilines is 1. The minimum absolute atomic E-state index is 0.129. The van der Waals surface area contributed by atoms with Crippen molar-refractivity contribution in [2.75, 3.05) is 5.32 Å². The Morgan fingerprint density at radius 1 is 1.50 bits per heavy atom. The van der Waals surface area contributed by atoms with Gasteiger partial charge in [-0.05, 0) is 25.8 Å². The number of rotatable bonds is 3. The summed E-state index contributed by atoms with van der Waals surface area (Å²) in [7, 11) is 0. The summed E-state index contributed by atoms with van der Waals surface area (Å²) in [5.41, 5.74) is 1.32. The van der Waals surface area contributed by atoms with Gasteiger partial charge in [-0.3, -0.25) is 10.1 Å². The number of para-hydroxylation sites is 1. The molecule has 0 spiro atoms. The first kappa shape index (κ1) is 10.9. The van der Waals surface area contributed by atoms with Crippen LogP contribution >= 0.6 is 0 Å². The highest BCUT2D eigenvalue weighted by Gasteiger charge is 2.29. The third-order valence-corrected chi connectivity index (χ3v) is 2.89. The van der Waals surface area contributed by atoms with Crippen molar-refractivity contribution in [3.8, 4) is 0 Å². The van der Waals surface area contributed by atoms with Gasteiger partial charge in [-0.2, -0.15) is 0 Å². The van der Waals surface area contributed by atoms with Crippen LogP contribution < -0.4 is 5.32 Å². The van der Waals surface area contributed by atoms with Gasteiger partial charge in [0.1, 0.15) is 5.69 Å². The van der Waals surface area contributed by atoms with Crippen LogP contribution in [0.4, 0.5) is 11.4 Å². The third kappa shape index (κ3) is 1.99. The van der Waals surface area contributed by atoms with Crippen molar-refractivity contribution in [3.63, 3.8) is 0 Å². The lowest BCUT2D eigenvalue weighted by atomic mass is 9.89. The van der Waals surface area contributed by atoms with Crippen LogP contribution in [0.1, 0.15) is 18.4 Å². The highest BCUT2D eigenvalue weighted by molar-refractivity contribution is 5.65. The number of nitrogens with one attached hydrogen (secondary N) is 1. The molecule has 0 aliphatic heterocycles. The van der Waals surface area contributed by atoms with E-state index in [0.29, 0.717) is 24.1 Å². The Kier molecular flexibility index (Phi) is 2.78. The van der Waals surface area contributed by atoms with E-state index in [-0.39, 0.29) is 22.8 Å². The summed E-state index contributed by atoms with van der Waals surface area (Å²) in [4.78, 5) is 10.5. The molecule has 1 aliphatic carbocycles. The van der Waals surface area contributed by atoms with Crippen LogP contribution in [0.3, 0.4) is 0 Å². The van der Waals surface area contributed by atoms with E-state index < -0.39 is 0 Å². The smallest absolute Gasteiger partial charge is 0.295 e. The van der Waals surface area contributed by atoms with Crippen LogP contribution in [-0.4, -0.2) is 22.2 Å². The van der Waals surface area contributed by atoms with E-state index in [1.54, 1.807) is 25.1 Å². The standard InChI is InChI=1S/C11H14N2O3/c1-7-3-2-4-10(11(7)13(15)16)12-8-5-9(14)6-8/h2-4,8-9,12,14H,5-6H2,1H3. The van der Waals surface area contributed by atoms with Crippen LogP contribution in [0.25, 0.3) is 0 Å². The molecule has 0 saturated heterocycles. The van der Waals surface area contributed by atoms with Gasteiger partial charge in [0.2, 0.25) is 0 Å². The largest absolute Gasteiger partial charge is 0.393 e. The fraction of sp³-hybridized carbons (Fsp3) is 0.455. The molecule has 0 aromatic heterocycles. The lowest BCUT2D eigenvalue weighted by molar-refractivity contribution is -0.384. The number of nitrogens with zero attached hydrogens (tertiary/aromatic N) is 1. The van der Waals surface area contributed by atoms with Gasteiger partial charge >= 0.3 is 0 Å². The molecular weight excluding hydrogens is 208 g/mol. The van der Waals surface area contributed by atoms with Gasteiger partial charge in [-0.15, -0.1) is 0 Å². The van der Waals surface area contributed by atoms with E-state index in [1.807, 2.05) is 0 Å². The van der Waals surface area contributed by atoms with Crippen molar-refractivity contribution in [1.29, 1.82) is 0 Å². The molecule has 0 unspecified atom stereocenters. The van der Waals surface area contributed by atoms with Crippen LogP contribution in [0, 0.1) is 17.0 Å². The second kappa shape index (κ2) is 4.09. The predicted octanol–water partition coefficient (Wildman–Crippen LogP) is 1.84. The number of aryl methyl sites for hydroxylation is 1. The SMILES string of the molecule is Cc1cccc(NC2CC(O)C2)c1[N+](=O)[O-]. The number of hydrogen-bond donors (Lipinski definition) is 2. The molecule has 5 heteroatoms. The van der Waals surface area contributed by atoms with Crippen molar-refractivity contribution in [3.05, 3.63) is 33.9 Å². The second-order valence-electron chi connectivity index (χ2n) is 4.19. The Morgan fingerprint density at radius 2 is 2.19 bits per heavy atom. The molecule has 1 aliphatic rings. The maximum Gasteiger partial charge on any atom is 0.295 e. The Bertz CT molecular complexity index is 414. The van der Waals surface area contributed by atoms with Gasteiger partial charge in [0.15, 0.2) is 0 Å². The third-order valence-electron chi connectivity index (χ3n) is 2.89. The zero-order valence-electron chi connectivity index (χ0n) is 9.01. The molecule has 86 valence electrons. The molecule has 0 radical (unpaired) electrons. The molecule has 1 aromatic rings. The summed E-state index contributed by atoms with van der Waals surface area (Å²) in [6, 6.07) is 5.37. The molecule has 1 fully saturated rings. The van der Waals surface area contributed by atoms with Gasteiger partial charge < -0.3 is 10.4 Å². The Hall–Kier alpha value is -1.62. The van der Waals surface area contributed by atoms with Crippen LogP contribution in [-0.2, 0) is 0 Å². The Labute approximate surface area is 93.2 Å². The highest BCUT2D eigenvalue weighted by atomic mass is 16.6. The number of hydrogen-bond acceptors (Lipinski definition) is 4. The lowest BCUT2D eigenvalue weighted by Crippen LogP contribution is -2.39. The monoisotopic (exact) mass is 222 g/mol. The van der Waals surface area contributed by atoms with Crippen molar-refractivity contribution < 1.29 is 10.0 Å². The number of benzene rings is 1. The molecular formula is C11H14N2O3. The van der Waals surface area contributed by atoms with Crippen LogP contribution in [0.15, 0.2) is 18.2 Å². The molecule has 1 saturated carbocycles. The maximum absolute atomic E-state index is 10.9. The summed E-state index contributed by atoms with van der Waals surface area (Å²) in [6.07, 6.45) is 1.05. The highest BCUT2D eigenvalue weighted by Crippen LogP contribution is 2.31. The van der Waals surface area contributed by atoms with E-state index in [0.717, 1.165) is 0 Å². The van der Waals surface area contributed by atoms with Crippen LogP contribution in [0.5, 0.6) is 0 Å². The van der Waals surface area contributed by atoms with Crippen LogP contribution in [0.2, 0.25) is 0 Å². The first-order valence-corrected chi connectivity index (χ1v) is 5.26. The molecule has 2 N–H and O–H groups in total. The lowest BCUT2D eigenvalue weighted by Gasteiger charge is -2.32. The number of nitro groups is 1. The number of aliphatic hydroxyl groups is 1. The Balaban J connectivity index is 2.19. The van der Waals surface area contributed by atoms with Gasteiger partial charge in [0, 0.05) is 11.6 Å². The van der Waals surface area contributed by atoms with Crippen molar-refractivity contribution >= 4 is 11.4 Å². The molecule has 5 nitrogen and oxygen atoms in total. The summed E-state index contributed by atoms with van der Waals surface area (Å²) in [5.74, 6) is 0. The quantitative estimate of drug-likeness (QED) is 0.604. The average molecular weight is 222 g/mol. The first-order chi connectivity index (χ1) is 7.58. The minimum atomic E-state index is -0.368. The fourth-order valence-corrected chi connectivity index (χ4v) is 1.94. The molecule has 2 rings (SSSR count). The van der Waals surface area contributed by atoms with E-state index in [4.69, 9.17) is 5.11 Å². The van der Waals surface area contributed by atoms with Gasteiger partial charge in [-0.1, -0.05) is 12.1 Å². The number of nitro benzene ring substituents is 1. The zero-order chi connectivity index (χ0) is 11.7. The topological polar surface area (TPSA) is 75.4 Å². The first-order valence-electron chi connectivity index (χ1n) is 5.26. The molecule has 0 atom stereocenters. The second-order valence-corrected chi connectivity index (χ2v) is 4.19. The van der Waals surface area contributed by atoms with E-state index in [9.17, 15) is 10.1 Å². The molecule has 16 heavy (non-hydrogen) atoms. The van der Waals surface area contributed by atoms with Crippen molar-refractivity contribution in [1.82, 2.24) is 0 Å². The molecule has 0 amide bonds. The summed E-state index contributed by atoms with van der Waals surface area (Å²) < 4.78 is 0. The Morgan fingerprint density at radius 3 is 2.75 bits per heavy atom. The summed E-state index contributed by atoms with van der Waals surface area (Å²) in [5, 5.41) is 23.2. The zero-order valence-corrected chi connectivity index (χ0v) is 9.01. The molecule has 0 bridgehead atoms. The summed E-state index contributed by atoms with van der Waals surface area (Å²) >= 11 is 0. The maximum atomic E-state index is 10.9. The predicted molar refractivity (Wildman–Crippen MR) is 60.5 cm³/mol. The number of aliphatic hydroxyl groups excluding tert-OH is 1. The average Bonchev–Trinajstić information content (AvgIpc) is 2.14. The van der Waals surface area contributed by atoms with Gasteiger partial charge in [0.05, 0.1) is 11.0 Å². The van der Waals surface area contributed by atoms with Gasteiger partial charge in [0.25, 0.3) is 5.69 Å². The van der Waals surface area contributed by atoms with Crippen molar-refractivity contribution in [2.45, 2.75) is 31.9 Å².